The molecule has 0 aromatic carbocycles. The zero-order valence-corrected chi connectivity index (χ0v) is 9.54. The lowest BCUT2D eigenvalue weighted by Gasteiger charge is -2.24. The van der Waals surface area contributed by atoms with Gasteiger partial charge < -0.3 is 10.8 Å². The summed E-state index contributed by atoms with van der Waals surface area (Å²) in [4.78, 5) is 0. The zero-order chi connectivity index (χ0) is 11.1. The van der Waals surface area contributed by atoms with E-state index in [-0.39, 0.29) is 6.04 Å². The maximum absolute atomic E-state index is 10.5. The quantitative estimate of drug-likeness (QED) is 0.803. The molecule has 0 amide bonds. The van der Waals surface area contributed by atoms with Crippen molar-refractivity contribution in [1.29, 1.82) is 0 Å². The first-order chi connectivity index (χ1) is 7.07. The average molecular weight is 230 g/mol. The number of nitrogens with two attached hydrogens (primary N) is 1. The third-order valence-electron chi connectivity index (χ3n) is 3.06. The van der Waals surface area contributed by atoms with E-state index in [0.29, 0.717) is 24.4 Å². The van der Waals surface area contributed by atoms with E-state index in [1.165, 1.54) is 0 Å². The fourth-order valence-corrected chi connectivity index (χ4v) is 2.66. The Bertz CT molecular complexity index is 366. The van der Waals surface area contributed by atoms with Crippen molar-refractivity contribution in [1.82, 2.24) is 9.78 Å². The molecule has 0 bridgehead atoms. The molecule has 0 saturated heterocycles. The van der Waals surface area contributed by atoms with Crippen molar-refractivity contribution in [3.8, 4) is 0 Å². The lowest BCUT2D eigenvalue weighted by molar-refractivity contribution is 0.0339. The predicted octanol–water partition coefficient (Wildman–Crippen LogP) is 1.26. The molecular weight excluding hydrogens is 214 g/mol. The first-order valence-electron chi connectivity index (χ1n) is 5.26. The Balaban J connectivity index is 2.39. The van der Waals surface area contributed by atoms with Gasteiger partial charge in [0.05, 0.1) is 16.9 Å². The van der Waals surface area contributed by atoms with Crippen LogP contribution in [0.1, 0.15) is 31.9 Å². The van der Waals surface area contributed by atoms with E-state index in [9.17, 15) is 5.11 Å². The Hall–Kier alpha value is -0.580. The smallest absolute Gasteiger partial charge is 0.109 e. The van der Waals surface area contributed by atoms with E-state index in [1.54, 1.807) is 10.9 Å². The molecule has 3 N–H and O–H groups in total. The van der Waals surface area contributed by atoms with E-state index in [0.717, 1.165) is 12.1 Å². The number of rotatable bonds is 2. The topological polar surface area (TPSA) is 64.1 Å². The van der Waals surface area contributed by atoms with Gasteiger partial charge >= 0.3 is 0 Å². The predicted molar refractivity (Wildman–Crippen MR) is 58.6 cm³/mol. The van der Waals surface area contributed by atoms with Crippen LogP contribution in [0.3, 0.4) is 0 Å². The van der Waals surface area contributed by atoms with Gasteiger partial charge in [0, 0.05) is 12.6 Å². The van der Waals surface area contributed by atoms with Crippen molar-refractivity contribution < 1.29 is 5.11 Å². The van der Waals surface area contributed by atoms with Gasteiger partial charge in [-0.05, 0) is 26.2 Å². The summed E-state index contributed by atoms with van der Waals surface area (Å²) < 4.78 is 1.75. The highest BCUT2D eigenvalue weighted by molar-refractivity contribution is 6.31. The molecule has 1 aromatic rings. The highest BCUT2D eigenvalue weighted by atomic mass is 35.5. The summed E-state index contributed by atoms with van der Waals surface area (Å²) in [6.07, 6.45) is 3.65. The van der Waals surface area contributed by atoms with Crippen molar-refractivity contribution >= 4 is 11.6 Å². The molecule has 0 radical (unpaired) electrons. The number of nitrogens with zero attached hydrogens (tertiary/aromatic N) is 2. The standard InChI is InChI=1S/C10H16ClN3O/c1-2-14-9(8(11)6-13-14)10(15)4-3-7(12)5-10/h6-7,15H,2-5,12H2,1H3. The summed E-state index contributed by atoms with van der Waals surface area (Å²) in [6.45, 7) is 2.69. The van der Waals surface area contributed by atoms with Crippen LogP contribution in [0.2, 0.25) is 5.02 Å². The first-order valence-corrected chi connectivity index (χ1v) is 5.64. The van der Waals surface area contributed by atoms with Gasteiger partial charge in [0.15, 0.2) is 0 Å². The van der Waals surface area contributed by atoms with Crippen molar-refractivity contribution in [2.24, 2.45) is 5.73 Å². The molecule has 84 valence electrons. The molecular formula is C10H16ClN3O. The van der Waals surface area contributed by atoms with Crippen LogP contribution in [0.4, 0.5) is 0 Å². The molecule has 0 aliphatic heterocycles. The fraction of sp³-hybridized carbons (Fsp3) is 0.700. The van der Waals surface area contributed by atoms with E-state index in [1.807, 2.05) is 6.92 Å². The molecule has 1 saturated carbocycles. The molecule has 1 aliphatic rings. The summed E-state index contributed by atoms with van der Waals surface area (Å²) in [7, 11) is 0. The van der Waals surface area contributed by atoms with Crippen LogP contribution in [0.5, 0.6) is 0 Å². The van der Waals surface area contributed by atoms with Crippen molar-refractivity contribution in [2.75, 3.05) is 0 Å². The monoisotopic (exact) mass is 229 g/mol. The molecule has 0 spiro atoms. The Kier molecular flexibility index (Phi) is 2.75. The number of aromatic nitrogens is 2. The molecule has 4 nitrogen and oxygen atoms in total. The van der Waals surface area contributed by atoms with Gasteiger partial charge in [0.2, 0.25) is 0 Å². The fourth-order valence-electron chi connectivity index (χ4n) is 2.34. The van der Waals surface area contributed by atoms with E-state index < -0.39 is 5.60 Å². The number of hydrogen-bond acceptors (Lipinski definition) is 3. The van der Waals surface area contributed by atoms with Crippen LogP contribution in [-0.4, -0.2) is 20.9 Å². The SMILES string of the molecule is CCn1ncc(Cl)c1C1(O)CCC(N)C1. The Morgan fingerprint density at radius 2 is 2.53 bits per heavy atom. The second kappa shape index (κ2) is 3.77. The van der Waals surface area contributed by atoms with Gasteiger partial charge in [-0.1, -0.05) is 11.6 Å². The summed E-state index contributed by atoms with van der Waals surface area (Å²) in [5.74, 6) is 0. The second-order valence-electron chi connectivity index (χ2n) is 4.19. The van der Waals surface area contributed by atoms with Crippen LogP contribution in [0, 0.1) is 0 Å². The third kappa shape index (κ3) is 1.77. The molecule has 2 rings (SSSR count). The van der Waals surface area contributed by atoms with E-state index >= 15 is 0 Å². The molecule has 15 heavy (non-hydrogen) atoms. The minimum atomic E-state index is -0.886. The Morgan fingerprint density at radius 3 is 3.07 bits per heavy atom. The largest absolute Gasteiger partial charge is 0.383 e. The lowest BCUT2D eigenvalue weighted by atomic mass is 9.97. The maximum Gasteiger partial charge on any atom is 0.109 e. The van der Waals surface area contributed by atoms with E-state index in [4.69, 9.17) is 17.3 Å². The van der Waals surface area contributed by atoms with Crippen LogP contribution in [0.25, 0.3) is 0 Å². The number of aliphatic hydroxyl groups is 1. The van der Waals surface area contributed by atoms with E-state index in [2.05, 4.69) is 5.10 Å². The second-order valence-corrected chi connectivity index (χ2v) is 4.60. The average Bonchev–Trinajstić information content (AvgIpc) is 2.71. The molecule has 1 fully saturated rings. The minimum Gasteiger partial charge on any atom is -0.383 e. The summed E-state index contributed by atoms with van der Waals surface area (Å²) in [5.41, 5.74) is 5.66. The van der Waals surface area contributed by atoms with Crippen molar-refractivity contribution in [3.63, 3.8) is 0 Å². The molecule has 5 heteroatoms. The van der Waals surface area contributed by atoms with Crippen LogP contribution < -0.4 is 5.73 Å². The summed E-state index contributed by atoms with van der Waals surface area (Å²) in [5, 5.41) is 15.2. The molecule has 1 aliphatic carbocycles. The van der Waals surface area contributed by atoms with Gasteiger partial charge in [-0.3, -0.25) is 4.68 Å². The molecule has 2 unspecified atom stereocenters. The highest BCUT2D eigenvalue weighted by Crippen LogP contribution is 2.40. The van der Waals surface area contributed by atoms with Gasteiger partial charge in [0.25, 0.3) is 0 Å². The van der Waals surface area contributed by atoms with Crippen LogP contribution in [-0.2, 0) is 12.1 Å². The minimum absolute atomic E-state index is 0.0614. The molecule has 2 atom stereocenters. The number of aryl methyl sites for hydroxylation is 1. The van der Waals surface area contributed by atoms with Crippen molar-refractivity contribution in [2.45, 2.75) is 44.4 Å². The Morgan fingerprint density at radius 1 is 1.80 bits per heavy atom. The van der Waals surface area contributed by atoms with Gasteiger partial charge in [-0.25, -0.2) is 0 Å². The molecule has 1 heterocycles. The lowest BCUT2D eigenvalue weighted by Crippen LogP contribution is -2.28. The van der Waals surface area contributed by atoms with Crippen molar-refractivity contribution in [3.05, 3.63) is 16.9 Å². The number of halogens is 1. The van der Waals surface area contributed by atoms with Crippen LogP contribution in [0.15, 0.2) is 6.20 Å². The summed E-state index contributed by atoms with van der Waals surface area (Å²) >= 11 is 6.06. The number of hydrogen-bond donors (Lipinski definition) is 2. The van der Waals surface area contributed by atoms with Gasteiger partial charge in [-0.15, -0.1) is 0 Å². The zero-order valence-electron chi connectivity index (χ0n) is 8.78. The third-order valence-corrected chi connectivity index (χ3v) is 3.34. The molecule has 1 aromatic heterocycles. The normalized spacial score (nSPS) is 31.1. The summed E-state index contributed by atoms with van der Waals surface area (Å²) in [6, 6.07) is 0.0614. The van der Waals surface area contributed by atoms with Gasteiger partial charge in [0.1, 0.15) is 5.60 Å². The highest BCUT2D eigenvalue weighted by Gasteiger charge is 2.41. The first kappa shape index (κ1) is 10.9. The Labute approximate surface area is 94.0 Å². The van der Waals surface area contributed by atoms with Crippen LogP contribution >= 0.6 is 11.6 Å². The maximum atomic E-state index is 10.5. The van der Waals surface area contributed by atoms with Gasteiger partial charge in [-0.2, -0.15) is 5.10 Å².